The van der Waals surface area contributed by atoms with Crippen LogP contribution in [0.25, 0.3) is 0 Å². The van der Waals surface area contributed by atoms with Crippen molar-refractivity contribution in [3.05, 3.63) is 77.9 Å². The standard InChI is InChI=1S/C25H25N3O7S/c1-33-23-13-19(7-9-21(23)29)15-26-27-25(30)17-28(16-18-5-3-2-4-6-18)36(31,32)20-8-10-22-24(14-20)35-12-11-34-22/h2-10,13-15,29H,11-12,16-17H2,1H3,(H,27,30)/b26-15-. The van der Waals surface area contributed by atoms with Crippen LogP contribution in [0.5, 0.6) is 23.0 Å². The predicted octanol–water partition coefficient (Wildman–Crippen LogP) is 2.51. The molecular weight excluding hydrogens is 486 g/mol. The van der Waals surface area contributed by atoms with Crippen molar-refractivity contribution in [1.82, 2.24) is 9.73 Å². The van der Waals surface area contributed by atoms with Crippen LogP contribution in [0.1, 0.15) is 11.1 Å². The second kappa shape index (κ2) is 11.1. The number of methoxy groups -OCH3 is 1. The molecule has 3 aromatic rings. The van der Waals surface area contributed by atoms with Crippen molar-refractivity contribution in [2.45, 2.75) is 11.4 Å². The lowest BCUT2D eigenvalue weighted by Crippen LogP contribution is -2.39. The number of carbonyl (C=O) groups excluding carboxylic acids is 1. The third-order valence-corrected chi connectivity index (χ3v) is 7.07. The Morgan fingerprint density at radius 2 is 1.83 bits per heavy atom. The van der Waals surface area contributed by atoms with Gasteiger partial charge in [-0.25, -0.2) is 13.8 Å². The van der Waals surface area contributed by atoms with Crippen LogP contribution in [0.4, 0.5) is 0 Å². The van der Waals surface area contributed by atoms with E-state index in [4.69, 9.17) is 14.2 Å². The molecule has 0 saturated carbocycles. The summed E-state index contributed by atoms with van der Waals surface area (Å²) in [6, 6.07) is 17.9. The number of nitrogens with one attached hydrogen (secondary N) is 1. The third kappa shape index (κ3) is 5.93. The topological polar surface area (TPSA) is 127 Å². The number of carbonyl (C=O) groups is 1. The summed E-state index contributed by atoms with van der Waals surface area (Å²) in [7, 11) is -2.66. The summed E-state index contributed by atoms with van der Waals surface area (Å²) in [5.41, 5.74) is 3.63. The predicted molar refractivity (Wildman–Crippen MR) is 132 cm³/mol. The molecule has 3 aromatic carbocycles. The van der Waals surface area contributed by atoms with Gasteiger partial charge in [0.1, 0.15) is 13.2 Å². The Labute approximate surface area is 208 Å². The molecule has 0 bridgehead atoms. The Hall–Kier alpha value is -4.09. The van der Waals surface area contributed by atoms with Crippen LogP contribution >= 0.6 is 0 Å². The smallest absolute Gasteiger partial charge is 0.255 e. The minimum Gasteiger partial charge on any atom is -0.504 e. The van der Waals surface area contributed by atoms with Gasteiger partial charge in [0, 0.05) is 12.6 Å². The van der Waals surface area contributed by atoms with E-state index < -0.39 is 22.5 Å². The molecule has 11 heteroatoms. The number of aromatic hydroxyl groups is 1. The molecule has 0 unspecified atom stereocenters. The average Bonchev–Trinajstić information content (AvgIpc) is 2.89. The number of amides is 1. The van der Waals surface area contributed by atoms with Crippen LogP contribution in [0.3, 0.4) is 0 Å². The quantitative estimate of drug-likeness (QED) is 0.334. The van der Waals surface area contributed by atoms with E-state index in [-0.39, 0.29) is 22.9 Å². The number of nitrogens with zero attached hydrogens (tertiary/aromatic N) is 2. The number of hydrogen-bond donors (Lipinski definition) is 2. The zero-order valence-corrected chi connectivity index (χ0v) is 20.3. The van der Waals surface area contributed by atoms with Gasteiger partial charge in [-0.3, -0.25) is 4.79 Å². The molecule has 10 nitrogen and oxygen atoms in total. The second-order valence-corrected chi connectivity index (χ2v) is 9.73. The molecule has 0 saturated heterocycles. The Bertz CT molecular complexity index is 1360. The minimum absolute atomic E-state index is 0.0184. The molecule has 1 amide bonds. The summed E-state index contributed by atoms with van der Waals surface area (Å²) in [6.45, 7) is 0.209. The first-order chi connectivity index (χ1) is 17.4. The van der Waals surface area contributed by atoms with Crippen molar-refractivity contribution in [3.8, 4) is 23.0 Å². The summed E-state index contributed by atoms with van der Waals surface area (Å²) in [5, 5.41) is 13.6. The number of sulfonamides is 1. The Morgan fingerprint density at radius 3 is 2.58 bits per heavy atom. The first kappa shape index (κ1) is 25.0. The van der Waals surface area contributed by atoms with E-state index >= 15 is 0 Å². The highest BCUT2D eigenvalue weighted by Gasteiger charge is 2.28. The van der Waals surface area contributed by atoms with Crippen LogP contribution in [0.15, 0.2) is 76.7 Å². The van der Waals surface area contributed by atoms with Gasteiger partial charge in [0.25, 0.3) is 5.91 Å². The van der Waals surface area contributed by atoms with Crippen molar-refractivity contribution >= 4 is 22.1 Å². The van der Waals surface area contributed by atoms with Crippen molar-refractivity contribution in [2.75, 3.05) is 26.9 Å². The Morgan fingerprint density at radius 1 is 1.08 bits per heavy atom. The number of benzene rings is 3. The molecule has 188 valence electrons. The van der Waals surface area contributed by atoms with Crippen molar-refractivity contribution in [1.29, 1.82) is 0 Å². The molecule has 1 aliphatic heterocycles. The van der Waals surface area contributed by atoms with Crippen LogP contribution in [0.2, 0.25) is 0 Å². The van der Waals surface area contributed by atoms with E-state index in [9.17, 15) is 18.3 Å². The fourth-order valence-electron chi connectivity index (χ4n) is 3.49. The van der Waals surface area contributed by atoms with Crippen LogP contribution in [0, 0.1) is 0 Å². The normalized spacial score (nSPS) is 13.1. The number of hydrazone groups is 1. The second-order valence-electron chi connectivity index (χ2n) is 7.79. The zero-order valence-electron chi connectivity index (χ0n) is 19.5. The number of phenols is 1. The van der Waals surface area contributed by atoms with E-state index in [0.717, 1.165) is 4.31 Å². The van der Waals surface area contributed by atoms with Gasteiger partial charge in [0.05, 0.1) is 24.8 Å². The number of ether oxygens (including phenoxy) is 3. The van der Waals surface area contributed by atoms with Crippen LogP contribution in [-0.2, 0) is 21.4 Å². The fraction of sp³-hybridized carbons (Fsp3) is 0.200. The molecule has 36 heavy (non-hydrogen) atoms. The summed E-state index contributed by atoms with van der Waals surface area (Å²) in [5.74, 6) is 0.395. The lowest BCUT2D eigenvalue weighted by Gasteiger charge is -2.23. The van der Waals surface area contributed by atoms with Crippen LogP contribution in [-0.4, -0.2) is 56.8 Å². The van der Waals surface area contributed by atoms with E-state index in [2.05, 4.69) is 10.5 Å². The van der Waals surface area contributed by atoms with Gasteiger partial charge < -0.3 is 19.3 Å². The maximum Gasteiger partial charge on any atom is 0.255 e. The molecule has 0 aliphatic carbocycles. The number of hydrogen-bond acceptors (Lipinski definition) is 8. The SMILES string of the molecule is COc1cc(/C=N\NC(=O)CN(Cc2ccccc2)S(=O)(=O)c2ccc3c(c2)OCCO3)ccc1O. The third-order valence-electron chi connectivity index (χ3n) is 5.28. The molecule has 2 N–H and O–H groups in total. The average molecular weight is 512 g/mol. The number of phenolic OH excluding ortho intramolecular Hbond substituents is 1. The molecule has 1 heterocycles. The molecule has 4 rings (SSSR count). The monoisotopic (exact) mass is 511 g/mol. The molecule has 1 aliphatic rings. The Kier molecular flexibility index (Phi) is 7.71. The van der Waals surface area contributed by atoms with Gasteiger partial charge in [-0.05, 0) is 41.5 Å². The van der Waals surface area contributed by atoms with E-state index in [1.54, 1.807) is 42.5 Å². The lowest BCUT2D eigenvalue weighted by atomic mass is 10.2. The van der Waals surface area contributed by atoms with E-state index in [1.807, 2.05) is 6.07 Å². The van der Waals surface area contributed by atoms with Gasteiger partial charge in [0.15, 0.2) is 23.0 Å². The van der Waals surface area contributed by atoms with Crippen molar-refractivity contribution in [2.24, 2.45) is 5.10 Å². The van der Waals surface area contributed by atoms with E-state index in [1.165, 1.54) is 31.5 Å². The molecular formula is C25H25N3O7S. The van der Waals surface area contributed by atoms with Gasteiger partial charge in [0.2, 0.25) is 10.0 Å². The summed E-state index contributed by atoms with van der Waals surface area (Å²) in [4.78, 5) is 12.7. The molecule has 0 radical (unpaired) electrons. The summed E-state index contributed by atoms with van der Waals surface area (Å²) < 4.78 is 44.2. The van der Waals surface area contributed by atoms with Crippen molar-refractivity contribution in [3.63, 3.8) is 0 Å². The summed E-state index contributed by atoms with van der Waals surface area (Å²) >= 11 is 0. The fourth-order valence-corrected chi connectivity index (χ4v) is 4.90. The van der Waals surface area contributed by atoms with Crippen LogP contribution < -0.4 is 19.6 Å². The molecule has 0 fully saturated rings. The summed E-state index contributed by atoms with van der Waals surface area (Å²) in [6.07, 6.45) is 1.36. The highest BCUT2D eigenvalue weighted by molar-refractivity contribution is 7.89. The largest absolute Gasteiger partial charge is 0.504 e. The maximum absolute atomic E-state index is 13.5. The number of rotatable bonds is 9. The van der Waals surface area contributed by atoms with E-state index in [0.29, 0.717) is 35.8 Å². The maximum atomic E-state index is 13.5. The highest BCUT2D eigenvalue weighted by atomic mass is 32.2. The zero-order chi connectivity index (χ0) is 25.5. The lowest BCUT2D eigenvalue weighted by molar-refractivity contribution is -0.121. The van der Waals surface area contributed by atoms with Gasteiger partial charge >= 0.3 is 0 Å². The first-order valence-corrected chi connectivity index (χ1v) is 12.4. The molecule has 0 aromatic heterocycles. The molecule has 0 spiro atoms. The van der Waals surface area contributed by atoms with Gasteiger partial charge in [-0.2, -0.15) is 9.41 Å². The van der Waals surface area contributed by atoms with Gasteiger partial charge in [-0.15, -0.1) is 0 Å². The van der Waals surface area contributed by atoms with Crippen molar-refractivity contribution < 1.29 is 32.5 Å². The highest BCUT2D eigenvalue weighted by Crippen LogP contribution is 2.33. The Balaban J connectivity index is 1.53. The number of fused-ring (bicyclic) bond motifs is 1. The minimum atomic E-state index is -4.08. The van der Waals surface area contributed by atoms with Gasteiger partial charge in [-0.1, -0.05) is 30.3 Å². The first-order valence-electron chi connectivity index (χ1n) is 11.0. The molecule has 0 atom stereocenters.